The van der Waals surface area contributed by atoms with Gasteiger partial charge in [-0.3, -0.25) is 4.99 Å². The largest absolute Gasteiger partial charge is 0.497 e. The second-order valence-corrected chi connectivity index (χ2v) is 8.46. The van der Waals surface area contributed by atoms with Crippen LogP contribution < -0.4 is 9.47 Å². The van der Waals surface area contributed by atoms with Crippen LogP contribution in [0.5, 0.6) is 11.5 Å². The maximum Gasteiger partial charge on any atom is 0.142 e. The molecule has 0 saturated carbocycles. The Labute approximate surface area is 192 Å². The van der Waals surface area contributed by atoms with Gasteiger partial charge in [-0.1, -0.05) is 58.4 Å². The van der Waals surface area contributed by atoms with E-state index in [4.69, 9.17) is 9.47 Å². The molecule has 0 aliphatic heterocycles. The van der Waals surface area contributed by atoms with Crippen molar-refractivity contribution in [1.29, 1.82) is 0 Å². The van der Waals surface area contributed by atoms with E-state index < -0.39 is 0 Å². The Morgan fingerprint density at radius 1 is 0.900 bits per heavy atom. The van der Waals surface area contributed by atoms with Crippen molar-refractivity contribution in [2.45, 2.75) is 6.61 Å². The third-order valence-corrected chi connectivity index (χ3v) is 5.76. The lowest BCUT2D eigenvalue weighted by Crippen LogP contribution is -2.00. The second-order valence-electron chi connectivity index (χ2n) is 6.69. The molecule has 4 aromatic rings. The summed E-state index contributed by atoms with van der Waals surface area (Å²) in [5, 5.41) is 2.40. The van der Waals surface area contributed by atoms with Gasteiger partial charge in [-0.2, -0.15) is 0 Å². The zero-order valence-electron chi connectivity index (χ0n) is 16.3. The van der Waals surface area contributed by atoms with Crippen molar-refractivity contribution in [3.8, 4) is 11.5 Å². The molecule has 0 radical (unpaired) electrons. The molecule has 0 unspecified atom stereocenters. The molecule has 4 aromatic carbocycles. The number of benzene rings is 4. The van der Waals surface area contributed by atoms with Gasteiger partial charge in [-0.25, -0.2) is 0 Å². The molecule has 0 atom stereocenters. The van der Waals surface area contributed by atoms with Crippen LogP contribution in [0.25, 0.3) is 10.8 Å². The molecule has 0 bridgehead atoms. The van der Waals surface area contributed by atoms with Crippen molar-refractivity contribution in [3.05, 3.63) is 98.9 Å². The number of hydrogen-bond donors (Lipinski definition) is 0. The van der Waals surface area contributed by atoms with E-state index in [2.05, 4.69) is 67.2 Å². The molecule has 0 fully saturated rings. The van der Waals surface area contributed by atoms with Crippen LogP contribution >= 0.6 is 31.9 Å². The number of halogens is 2. The summed E-state index contributed by atoms with van der Waals surface area (Å²) in [5.74, 6) is 1.56. The van der Waals surface area contributed by atoms with Crippen LogP contribution in [0.3, 0.4) is 0 Å². The predicted molar refractivity (Wildman–Crippen MR) is 130 cm³/mol. The molecule has 0 heterocycles. The lowest BCUT2D eigenvalue weighted by molar-refractivity contribution is 0.305. The van der Waals surface area contributed by atoms with Gasteiger partial charge >= 0.3 is 0 Å². The van der Waals surface area contributed by atoms with Gasteiger partial charge < -0.3 is 9.47 Å². The Bertz CT molecular complexity index is 1200. The molecule has 30 heavy (non-hydrogen) atoms. The summed E-state index contributed by atoms with van der Waals surface area (Å²) in [6.07, 6.45) is 1.82. The van der Waals surface area contributed by atoms with Gasteiger partial charge in [0.2, 0.25) is 0 Å². The van der Waals surface area contributed by atoms with Gasteiger partial charge in [0, 0.05) is 16.3 Å². The van der Waals surface area contributed by atoms with Gasteiger partial charge in [-0.05, 0) is 68.7 Å². The molecule has 0 spiro atoms. The van der Waals surface area contributed by atoms with E-state index in [0.717, 1.165) is 37.3 Å². The van der Waals surface area contributed by atoms with Crippen molar-refractivity contribution >= 4 is 54.5 Å². The van der Waals surface area contributed by atoms with Crippen molar-refractivity contribution in [2.24, 2.45) is 4.99 Å². The maximum atomic E-state index is 6.26. The van der Waals surface area contributed by atoms with Gasteiger partial charge in [-0.15, -0.1) is 0 Å². The van der Waals surface area contributed by atoms with Gasteiger partial charge in [0.05, 0.1) is 17.3 Å². The van der Waals surface area contributed by atoms with E-state index in [-0.39, 0.29) is 0 Å². The molecule has 3 nitrogen and oxygen atoms in total. The van der Waals surface area contributed by atoms with Crippen LogP contribution in [0.2, 0.25) is 0 Å². The zero-order valence-corrected chi connectivity index (χ0v) is 19.5. The highest BCUT2D eigenvalue weighted by Gasteiger charge is 2.10. The third-order valence-electron chi connectivity index (χ3n) is 4.71. The first kappa shape index (κ1) is 20.6. The number of fused-ring (bicyclic) bond motifs is 1. The van der Waals surface area contributed by atoms with Gasteiger partial charge in [0.1, 0.15) is 18.1 Å². The SMILES string of the molecule is COc1ccc(N=Cc2cc(Br)cc(Br)c2OCc2cccc3ccccc23)cc1. The van der Waals surface area contributed by atoms with Crippen LogP contribution in [-0.4, -0.2) is 13.3 Å². The second kappa shape index (κ2) is 9.45. The first-order valence-corrected chi connectivity index (χ1v) is 11.0. The number of methoxy groups -OCH3 is 1. The normalized spacial score (nSPS) is 11.2. The minimum absolute atomic E-state index is 0.463. The monoisotopic (exact) mass is 523 g/mol. The molecule has 0 amide bonds. The summed E-state index contributed by atoms with van der Waals surface area (Å²) >= 11 is 7.19. The number of hydrogen-bond acceptors (Lipinski definition) is 3. The predicted octanol–water partition coefficient (Wildman–Crippen LogP) is 7.70. The number of aliphatic imine (C=N–C) groups is 1. The van der Waals surface area contributed by atoms with E-state index in [1.54, 1.807) is 7.11 Å². The molecule has 0 N–H and O–H groups in total. The molecule has 0 aliphatic rings. The van der Waals surface area contributed by atoms with Gasteiger partial charge in [0.15, 0.2) is 0 Å². The number of nitrogens with zero attached hydrogens (tertiary/aromatic N) is 1. The fraction of sp³-hybridized carbons (Fsp3) is 0.0800. The quantitative estimate of drug-likeness (QED) is 0.242. The van der Waals surface area contributed by atoms with E-state index in [0.29, 0.717) is 6.61 Å². The minimum atomic E-state index is 0.463. The molecule has 150 valence electrons. The van der Waals surface area contributed by atoms with E-state index in [1.165, 1.54) is 10.8 Å². The van der Waals surface area contributed by atoms with Crippen LogP contribution in [-0.2, 0) is 6.61 Å². The van der Waals surface area contributed by atoms with E-state index in [9.17, 15) is 0 Å². The average Bonchev–Trinajstić information content (AvgIpc) is 2.77. The standard InChI is InChI=1S/C25H19Br2NO2/c1-29-22-11-9-21(10-12-22)28-15-19-13-20(26)14-24(27)25(19)30-16-18-7-4-6-17-5-2-3-8-23(17)18/h2-15H,16H2,1H3. The number of ether oxygens (including phenoxy) is 2. The topological polar surface area (TPSA) is 30.8 Å². The Hall–Kier alpha value is -2.63. The zero-order chi connectivity index (χ0) is 20.9. The lowest BCUT2D eigenvalue weighted by atomic mass is 10.1. The van der Waals surface area contributed by atoms with Crippen molar-refractivity contribution in [3.63, 3.8) is 0 Å². The number of rotatable bonds is 6. The molecule has 4 rings (SSSR count). The summed E-state index contributed by atoms with van der Waals surface area (Å²) in [4.78, 5) is 4.60. The summed E-state index contributed by atoms with van der Waals surface area (Å²) in [6, 6.07) is 26.2. The van der Waals surface area contributed by atoms with Crippen molar-refractivity contribution < 1.29 is 9.47 Å². The molecule has 0 aliphatic carbocycles. The summed E-state index contributed by atoms with van der Waals surface area (Å²) in [5.41, 5.74) is 2.86. The molecule has 5 heteroatoms. The maximum absolute atomic E-state index is 6.26. The van der Waals surface area contributed by atoms with E-state index in [1.807, 2.05) is 54.7 Å². The highest BCUT2D eigenvalue weighted by Crippen LogP contribution is 2.33. The van der Waals surface area contributed by atoms with Crippen LogP contribution in [0.1, 0.15) is 11.1 Å². The van der Waals surface area contributed by atoms with E-state index >= 15 is 0 Å². The fourth-order valence-corrected chi connectivity index (χ4v) is 4.58. The first-order chi connectivity index (χ1) is 14.6. The van der Waals surface area contributed by atoms with Gasteiger partial charge in [0.25, 0.3) is 0 Å². The first-order valence-electron chi connectivity index (χ1n) is 9.40. The molecular formula is C25H19Br2NO2. The Morgan fingerprint density at radius 2 is 1.67 bits per heavy atom. The summed E-state index contributed by atoms with van der Waals surface area (Å²) in [6.45, 7) is 0.463. The van der Waals surface area contributed by atoms with Crippen LogP contribution in [0.4, 0.5) is 5.69 Å². The average molecular weight is 525 g/mol. The highest BCUT2D eigenvalue weighted by molar-refractivity contribution is 9.11. The summed E-state index contributed by atoms with van der Waals surface area (Å²) < 4.78 is 13.3. The van der Waals surface area contributed by atoms with Crippen LogP contribution in [0, 0.1) is 0 Å². The van der Waals surface area contributed by atoms with Crippen LogP contribution in [0.15, 0.2) is 92.8 Å². The fourth-order valence-electron chi connectivity index (χ4n) is 3.21. The molecule has 0 aromatic heterocycles. The molecule has 0 saturated heterocycles. The Balaban J connectivity index is 1.62. The van der Waals surface area contributed by atoms with Crippen molar-refractivity contribution in [2.75, 3.05) is 7.11 Å². The Kier molecular flexibility index (Phi) is 6.50. The Morgan fingerprint density at radius 3 is 2.47 bits per heavy atom. The molecular weight excluding hydrogens is 506 g/mol. The smallest absolute Gasteiger partial charge is 0.142 e. The minimum Gasteiger partial charge on any atom is -0.497 e. The highest BCUT2D eigenvalue weighted by atomic mass is 79.9. The summed E-state index contributed by atoms with van der Waals surface area (Å²) in [7, 11) is 1.65. The lowest BCUT2D eigenvalue weighted by Gasteiger charge is -2.13. The van der Waals surface area contributed by atoms with Crippen molar-refractivity contribution in [1.82, 2.24) is 0 Å². The third kappa shape index (κ3) is 4.74.